The van der Waals surface area contributed by atoms with Crippen LogP contribution in [0.1, 0.15) is 35.7 Å². The maximum Gasteiger partial charge on any atom is 0.321 e. The van der Waals surface area contributed by atoms with E-state index in [0.717, 1.165) is 20.6 Å². The van der Waals surface area contributed by atoms with Gasteiger partial charge in [-0.2, -0.15) is 4.31 Å². The molecule has 3 aromatic rings. The average Bonchev–Trinajstić information content (AvgIpc) is 3.63. The van der Waals surface area contributed by atoms with Gasteiger partial charge in [-0.25, -0.2) is 18.2 Å². The minimum absolute atomic E-state index is 0.0191. The number of rotatable bonds is 17. The Bertz CT molecular complexity index is 1630. The molecular formula is C33H44N6O7S2. The Kier molecular flexibility index (Phi) is 13.1. The van der Waals surface area contributed by atoms with Gasteiger partial charge in [0.2, 0.25) is 15.9 Å². The molecule has 260 valence electrons. The van der Waals surface area contributed by atoms with Crippen LogP contribution in [0.4, 0.5) is 4.79 Å². The number of hydrogen-bond donors (Lipinski definition) is 3. The monoisotopic (exact) mass is 700 g/mol. The van der Waals surface area contributed by atoms with Crippen LogP contribution in [0.2, 0.25) is 0 Å². The first-order chi connectivity index (χ1) is 22.9. The highest BCUT2D eigenvalue weighted by molar-refractivity contribution is 7.89. The molecule has 1 aliphatic heterocycles. The lowest BCUT2D eigenvalue weighted by Crippen LogP contribution is -2.57. The number of carbonyl (C=O) groups is 2. The number of benzene rings is 2. The topological polar surface area (TPSA) is 165 Å². The van der Waals surface area contributed by atoms with Crippen LogP contribution >= 0.6 is 11.3 Å². The molecule has 15 heteroatoms. The zero-order valence-electron chi connectivity index (χ0n) is 27.6. The number of carbonyl (C=O) groups excluding carboxylic acids is 2. The molecule has 1 aliphatic rings. The molecule has 3 N–H and O–H groups in total. The standard InChI is InChI=1S/C33H44N6O7S2/c1-23(2)31(39-15-14-37(33(39)42)20-27-22-47-24(3)35-27)32(41)36-29(18-25-8-6-5-7-9-25)30(40)21-38(16-17-46-4)48(44,45)28-12-10-26(11-13-28)19-34-43/h5-13,19,22-23,29-31,40,43H,14-18,20-21H2,1-4H3,(H,36,41)/t29-,30+,31-/m0/s1. The van der Waals surface area contributed by atoms with E-state index in [1.165, 1.54) is 48.9 Å². The van der Waals surface area contributed by atoms with Gasteiger partial charge >= 0.3 is 6.03 Å². The number of urea groups is 1. The van der Waals surface area contributed by atoms with Gasteiger partial charge < -0.3 is 30.2 Å². The van der Waals surface area contributed by atoms with Crippen molar-refractivity contribution in [1.29, 1.82) is 0 Å². The molecule has 0 saturated carbocycles. The quantitative estimate of drug-likeness (QED) is 0.110. The molecule has 1 aromatic heterocycles. The molecule has 3 amide bonds. The number of methoxy groups -OCH3 is 1. The molecule has 0 spiro atoms. The molecule has 4 rings (SSSR count). The number of aromatic nitrogens is 1. The summed E-state index contributed by atoms with van der Waals surface area (Å²) in [5.74, 6) is -0.681. The number of oxime groups is 1. The van der Waals surface area contributed by atoms with Crippen LogP contribution in [0.25, 0.3) is 0 Å². The van der Waals surface area contributed by atoms with Gasteiger partial charge in [-0.15, -0.1) is 11.3 Å². The highest BCUT2D eigenvalue weighted by atomic mass is 32.2. The van der Waals surface area contributed by atoms with Crippen molar-refractivity contribution in [3.8, 4) is 0 Å². The van der Waals surface area contributed by atoms with Gasteiger partial charge in [-0.05, 0) is 42.5 Å². The van der Waals surface area contributed by atoms with Crippen molar-refractivity contribution < 1.29 is 33.1 Å². The molecule has 0 aliphatic carbocycles. The smallest absolute Gasteiger partial charge is 0.321 e. The Labute approximate surface area is 285 Å². The molecule has 13 nitrogen and oxygen atoms in total. The van der Waals surface area contributed by atoms with Crippen molar-refractivity contribution in [2.75, 3.05) is 39.9 Å². The predicted molar refractivity (Wildman–Crippen MR) is 183 cm³/mol. The number of hydrogen-bond acceptors (Lipinski definition) is 10. The van der Waals surface area contributed by atoms with Crippen molar-refractivity contribution in [3.05, 3.63) is 81.8 Å². The number of amides is 3. The summed E-state index contributed by atoms with van der Waals surface area (Å²) in [6.45, 7) is 6.48. The fourth-order valence-electron chi connectivity index (χ4n) is 5.69. The van der Waals surface area contributed by atoms with Crippen LogP contribution in [-0.2, 0) is 32.5 Å². The molecule has 2 heterocycles. The van der Waals surface area contributed by atoms with Crippen LogP contribution in [-0.4, -0.2) is 114 Å². The van der Waals surface area contributed by atoms with E-state index in [2.05, 4.69) is 15.5 Å². The summed E-state index contributed by atoms with van der Waals surface area (Å²) in [4.78, 5) is 35.2. The van der Waals surface area contributed by atoms with E-state index in [1.54, 1.807) is 9.80 Å². The minimum Gasteiger partial charge on any atom is -0.411 e. The van der Waals surface area contributed by atoms with E-state index in [9.17, 15) is 23.1 Å². The Morgan fingerprint density at radius 3 is 2.48 bits per heavy atom. The second-order valence-corrected chi connectivity index (χ2v) is 15.0. The predicted octanol–water partition coefficient (Wildman–Crippen LogP) is 2.95. The largest absolute Gasteiger partial charge is 0.411 e. The maximum atomic E-state index is 14.0. The summed E-state index contributed by atoms with van der Waals surface area (Å²) in [5.41, 5.74) is 2.13. The zero-order chi connectivity index (χ0) is 34.8. The Morgan fingerprint density at radius 1 is 1.17 bits per heavy atom. The summed E-state index contributed by atoms with van der Waals surface area (Å²) >= 11 is 1.52. The maximum absolute atomic E-state index is 14.0. The van der Waals surface area contributed by atoms with Gasteiger partial charge in [0.1, 0.15) is 6.04 Å². The molecule has 0 unspecified atom stereocenters. The number of nitrogens with zero attached hydrogens (tertiary/aromatic N) is 5. The Hall–Kier alpha value is -3.89. The summed E-state index contributed by atoms with van der Waals surface area (Å²) in [6.07, 6.45) is 0.0713. The van der Waals surface area contributed by atoms with E-state index in [0.29, 0.717) is 25.2 Å². The van der Waals surface area contributed by atoms with Gasteiger partial charge in [0, 0.05) is 38.7 Å². The first-order valence-electron chi connectivity index (χ1n) is 15.7. The summed E-state index contributed by atoms with van der Waals surface area (Å²) in [7, 11) is -2.65. The van der Waals surface area contributed by atoms with Crippen LogP contribution in [0.3, 0.4) is 0 Å². The van der Waals surface area contributed by atoms with Gasteiger partial charge in [0.05, 0.1) is 47.1 Å². The fourth-order valence-corrected chi connectivity index (χ4v) is 7.73. The Balaban J connectivity index is 1.56. The first kappa shape index (κ1) is 36.9. The van der Waals surface area contributed by atoms with Crippen LogP contribution < -0.4 is 5.32 Å². The summed E-state index contributed by atoms with van der Waals surface area (Å²) in [5, 5.41) is 29.3. The number of nitrogens with one attached hydrogen (secondary N) is 1. The van der Waals surface area contributed by atoms with Crippen LogP contribution in [0.5, 0.6) is 0 Å². The third-order valence-electron chi connectivity index (χ3n) is 8.13. The van der Waals surface area contributed by atoms with Crippen molar-refractivity contribution in [2.24, 2.45) is 11.1 Å². The Morgan fingerprint density at radius 2 is 1.88 bits per heavy atom. The van der Waals surface area contributed by atoms with Gasteiger partial charge in [-0.3, -0.25) is 4.79 Å². The molecule has 2 aromatic carbocycles. The number of ether oxygens (including phenoxy) is 1. The normalized spacial score (nSPS) is 15.9. The first-order valence-corrected chi connectivity index (χ1v) is 18.0. The SMILES string of the molecule is COCCN(C[C@@H](O)[C@H](Cc1ccccc1)NC(=O)[C@H](C(C)C)N1CCN(Cc2csc(C)n2)C1=O)S(=O)(=O)c1ccc(C=NO)cc1. The third kappa shape index (κ3) is 9.38. The molecule has 1 fully saturated rings. The lowest BCUT2D eigenvalue weighted by atomic mass is 9.98. The minimum atomic E-state index is -4.10. The third-order valence-corrected chi connectivity index (χ3v) is 10.8. The van der Waals surface area contributed by atoms with E-state index in [1.807, 2.05) is 56.5 Å². The van der Waals surface area contributed by atoms with Gasteiger partial charge in [0.15, 0.2) is 0 Å². The molecule has 1 saturated heterocycles. The fraction of sp³-hybridized carbons (Fsp3) is 0.455. The van der Waals surface area contributed by atoms with Crippen LogP contribution in [0, 0.1) is 12.8 Å². The highest BCUT2D eigenvalue weighted by Crippen LogP contribution is 2.23. The summed E-state index contributed by atoms with van der Waals surface area (Å²) < 4.78 is 33.8. The van der Waals surface area contributed by atoms with Crippen molar-refractivity contribution in [1.82, 2.24) is 24.4 Å². The van der Waals surface area contributed by atoms with Crippen molar-refractivity contribution >= 4 is 39.5 Å². The number of thiazole rings is 1. The van der Waals surface area contributed by atoms with Crippen molar-refractivity contribution in [3.63, 3.8) is 0 Å². The number of sulfonamides is 1. The summed E-state index contributed by atoms with van der Waals surface area (Å²) in [6, 6.07) is 13.1. The average molecular weight is 701 g/mol. The number of aliphatic hydroxyl groups is 1. The number of aryl methyl sites for hydroxylation is 1. The van der Waals surface area contributed by atoms with E-state index >= 15 is 0 Å². The van der Waals surface area contributed by atoms with Gasteiger partial charge in [0.25, 0.3) is 0 Å². The highest BCUT2D eigenvalue weighted by Gasteiger charge is 2.40. The number of aliphatic hydroxyl groups excluding tert-OH is 1. The second kappa shape index (κ2) is 17.0. The van der Waals surface area contributed by atoms with E-state index < -0.39 is 34.1 Å². The van der Waals surface area contributed by atoms with E-state index in [-0.39, 0.29) is 43.0 Å². The molecule has 0 bridgehead atoms. The van der Waals surface area contributed by atoms with E-state index in [4.69, 9.17) is 9.94 Å². The second-order valence-electron chi connectivity index (χ2n) is 12.0. The lowest BCUT2D eigenvalue weighted by Gasteiger charge is -2.34. The molecular weight excluding hydrogens is 657 g/mol. The molecule has 0 radical (unpaired) electrons. The lowest BCUT2D eigenvalue weighted by molar-refractivity contribution is -0.128. The zero-order valence-corrected chi connectivity index (χ0v) is 29.2. The van der Waals surface area contributed by atoms with Crippen molar-refractivity contribution in [2.45, 2.75) is 56.8 Å². The molecule has 3 atom stereocenters. The van der Waals surface area contributed by atoms with Gasteiger partial charge in [-0.1, -0.05) is 61.5 Å². The molecule has 48 heavy (non-hydrogen) atoms. The van der Waals surface area contributed by atoms with Crippen LogP contribution in [0.15, 0.2) is 70.0 Å².